The maximum absolute atomic E-state index is 11.0. The highest BCUT2D eigenvalue weighted by Crippen LogP contribution is 2.13. The van der Waals surface area contributed by atoms with Gasteiger partial charge in [0, 0.05) is 6.08 Å². The zero-order chi connectivity index (χ0) is 11.1. The summed E-state index contributed by atoms with van der Waals surface area (Å²) in [5.74, 6) is -0.380. The number of carbonyl (C=O) groups excluding carboxylic acids is 1. The molecule has 0 N–H and O–H groups in total. The lowest BCUT2D eigenvalue weighted by Crippen LogP contribution is -1.98. The van der Waals surface area contributed by atoms with E-state index in [1.807, 2.05) is 0 Å². The van der Waals surface area contributed by atoms with Crippen LogP contribution in [-0.2, 0) is 9.53 Å². The molecule has 15 heavy (non-hydrogen) atoms. The molecule has 0 radical (unpaired) electrons. The first-order valence-corrected chi connectivity index (χ1v) is 4.54. The minimum Gasteiger partial charge on any atom is -0.463 e. The van der Waals surface area contributed by atoms with E-state index in [1.54, 1.807) is 37.3 Å². The van der Waals surface area contributed by atoms with Crippen LogP contribution in [0, 0.1) is 4.91 Å². The third kappa shape index (κ3) is 3.72. The molecule has 4 heteroatoms. The highest BCUT2D eigenvalue weighted by molar-refractivity contribution is 5.87. The number of hydrogen-bond acceptors (Lipinski definition) is 4. The van der Waals surface area contributed by atoms with E-state index in [9.17, 15) is 9.70 Å². The quantitative estimate of drug-likeness (QED) is 0.431. The second-order valence-corrected chi connectivity index (χ2v) is 2.77. The summed E-state index contributed by atoms with van der Waals surface area (Å²) in [5.41, 5.74) is 1.18. The Morgan fingerprint density at radius 3 is 2.60 bits per heavy atom. The van der Waals surface area contributed by atoms with Gasteiger partial charge in [0.15, 0.2) is 0 Å². The van der Waals surface area contributed by atoms with Crippen molar-refractivity contribution in [3.63, 3.8) is 0 Å². The van der Waals surface area contributed by atoms with Crippen LogP contribution in [0.15, 0.2) is 35.5 Å². The summed E-state index contributed by atoms with van der Waals surface area (Å²) in [6, 6.07) is 6.56. The minimum absolute atomic E-state index is 0.358. The molecule has 0 aliphatic heterocycles. The Hall–Kier alpha value is -1.97. The van der Waals surface area contributed by atoms with E-state index in [-0.39, 0.29) is 5.97 Å². The Balaban J connectivity index is 2.64. The molecule has 78 valence electrons. The predicted octanol–water partition coefficient (Wildman–Crippen LogP) is 2.66. The summed E-state index contributed by atoms with van der Waals surface area (Å²) < 4.78 is 4.71. The van der Waals surface area contributed by atoms with E-state index in [2.05, 4.69) is 5.18 Å². The molecule has 0 aliphatic rings. The van der Waals surface area contributed by atoms with Gasteiger partial charge in [-0.2, -0.15) is 0 Å². The number of esters is 1. The number of benzene rings is 1. The summed E-state index contributed by atoms with van der Waals surface area (Å²) >= 11 is 0. The molecule has 0 spiro atoms. The van der Waals surface area contributed by atoms with Crippen molar-refractivity contribution in [2.45, 2.75) is 6.92 Å². The van der Waals surface area contributed by atoms with Crippen LogP contribution in [0.25, 0.3) is 6.08 Å². The summed E-state index contributed by atoms with van der Waals surface area (Å²) in [6.07, 6.45) is 2.96. The molecule has 4 nitrogen and oxygen atoms in total. The van der Waals surface area contributed by atoms with Gasteiger partial charge in [-0.1, -0.05) is 12.1 Å². The number of hydrogen-bond donors (Lipinski definition) is 0. The van der Waals surface area contributed by atoms with Crippen molar-refractivity contribution in [1.29, 1.82) is 0 Å². The maximum Gasteiger partial charge on any atom is 0.330 e. The topological polar surface area (TPSA) is 55.7 Å². The summed E-state index contributed by atoms with van der Waals surface area (Å²) in [5, 5.41) is 2.77. The SMILES string of the molecule is CCOC(=O)/C=C/c1ccc(N=O)cc1. The summed E-state index contributed by atoms with van der Waals surface area (Å²) in [4.78, 5) is 21.1. The Kier molecular flexibility index (Phi) is 4.22. The van der Waals surface area contributed by atoms with Crippen LogP contribution < -0.4 is 0 Å². The number of ether oxygens (including phenoxy) is 1. The van der Waals surface area contributed by atoms with Gasteiger partial charge in [-0.15, -0.1) is 4.91 Å². The first-order chi connectivity index (χ1) is 7.26. The van der Waals surface area contributed by atoms with Crippen molar-refractivity contribution >= 4 is 17.7 Å². The van der Waals surface area contributed by atoms with Gasteiger partial charge in [0.2, 0.25) is 0 Å². The Morgan fingerprint density at radius 1 is 1.40 bits per heavy atom. The molecule has 0 saturated carbocycles. The average Bonchev–Trinajstić information content (AvgIpc) is 2.27. The Bertz CT molecular complexity index is 368. The fourth-order valence-corrected chi connectivity index (χ4v) is 1.00. The van der Waals surface area contributed by atoms with E-state index < -0.39 is 0 Å². The molecule has 0 amide bonds. The Labute approximate surface area is 87.5 Å². The number of nitroso groups, excluding NO2 is 1. The fraction of sp³-hybridized carbons (Fsp3) is 0.182. The van der Waals surface area contributed by atoms with E-state index in [0.29, 0.717) is 12.3 Å². The lowest BCUT2D eigenvalue weighted by Gasteiger charge is -1.95. The molecule has 0 heterocycles. The van der Waals surface area contributed by atoms with Crippen LogP contribution in [0.3, 0.4) is 0 Å². The molecule has 1 rings (SSSR count). The van der Waals surface area contributed by atoms with Crippen molar-refractivity contribution < 1.29 is 9.53 Å². The van der Waals surface area contributed by atoms with Crippen molar-refractivity contribution in [2.24, 2.45) is 5.18 Å². The van der Waals surface area contributed by atoms with E-state index in [0.717, 1.165) is 5.56 Å². The van der Waals surface area contributed by atoms with Crippen LogP contribution in [0.1, 0.15) is 12.5 Å². The zero-order valence-electron chi connectivity index (χ0n) is 8.34. The smallest absolute Gasteiger partial charge is 0.330 e. The first kappa shape index (κ1) is 11.1. The maximum atomic E-state index is 11.0. The standard InChI is InChI=1S/C11H11NO3/c1-2-15-11(13)8-5-9-3-6-10(12-14)7-4-9/h3-8H,2H2,1H3/b8-5+. The van der Waals surface area contributed by atoms with Gasteiger partial charge in [-0.3, -0.25) is 0 Å². The number of nitrogens with zero attached hydrogens (tertiary/aromatic N) is 1. The van der Waals surface area contributed by atoms with Crippen molar-refractivity contribution in [1.82, 2.24) is 0 Å². The van der Waals surface area contributed by atoms with E-state index in [1.165, 1.54) is 6.08 Å². The molecule has 0 bridgehead atoms. The molecular weight excluding hydrogens is 194 g/mol. The Morgan fingerprint density at radius 2 is 2.07 bits per heavy atom. The van der Waals surface area contributed by atoms with Gasteiger partial charge < -0.3 is 4.74 Å². The van der Waals surface area contributed by atoms with Gasteiger partial charge in [-0.05, 0) is 35.9 Å². The molecule has 0 saturated heterocycles. The van der Waals surface area contributed by atoms with Crippen molar-refractivity contribution in [3.8, 4) is 0 Å². The van der Waals surface area contributed by atoms with Crippen molar-refractivity contribution in [2.75, 3.05) is 6.61 Å². The van der Waals surface area contributed by atoms with Gasteiger partial charge in [0.05, 0.1) is 6.61 Å². The van der Waals surface area contributed by atoms with E-state index >= 15 is 0 Å². The van der Waals surface area contributed by atoms with Gasteiger partial charge >= 0.3 is 5.97 Å². The average molecular weight is 205 g/mol. The number of carbonyl (C=O) groups is 1. The summed E-state index contributed by atoms with van der Waals surface area (Å²) in [6.45, 7) is 2.10. The molecule has 0 fully saturated rings. The normalized spacial score (nSPS) is 10.2. The largest absolute Gasteiger partial charge is 0.463 e. The van der Waals surface area contributed by atoms with Crippen LogP contribution in [0.5, 0.6) is 0 Å². The second kappa shape index (κ2) is 5.70. The molecular formula is C11H11NO3. The molecule has 1 aromatic carbocycles. The molecule has 0 aromatic heterocycles. The monoisotopic (exact) mass is 205 g/mol. The molecule has 0 atom stereocenters. The first-order valence-electron chi connectivity index (χ1n) is 4.54. The predicted molar refractivity (Wildman–Crippen MR) is 57.6 cm³/mol. The van der Waals surface area contributed by atoms with Crippen LogP contribution in [0.2, 0.25) is 0 Å². The zero-order valence-corrected chi connectivity index (χ0v) is 8.34. The van der Waals surface area contributed by atoms with Crippen molar-refractivity contribution in [3.05, 3.63) is 40.8 Å². The fourth-order valence-electron chi connectivity index (χ4n) is 1.00. The van der Waals surface area contributed by atoms with Gasteiger partial charge in [0.25, 0.3) is 0 Å². The highest BCUT2D eigenvalue weighted by atomic mass is 16.5. The number of rotatable bonds is 4. The summed E-state index contributed by atoms with van der Waals surface area (Å²) in [7, 11) is 0. The molecule has 0 unspecified atom stereocenters. The third-order valence-electron chi connectivity index (χ3n) is 1.70. The minimum atomic E-state index is -0.380. The molecule has 0 aliphatic carbocycles. The van der Waals surface area contributed by atoms with Gasteiger partial charge in [-0.25, -0.2) is 4.79 Å². The van der Waals surface area contributed by atoms with Gasteiger partial charge in [0.1, 0.15) is 5.69 Å². The second-order valence-electron chi connectivity index (χ2n) is 2.77. The lowest BCUT2D eigenvalue weighted by atomic mass is 10.2. The lowest BCUT2D eigenvalue weighted by molar-refractivity contribution is -0.137. The third-order valence-corrected chi connectivity index (χ3v) is 1.70. The van der Waals surface area contributed by atoms with Crippen LogP contribution >= 0.6 is 0 Å². The van der Waals surface area contributed by atoms with Crippen LogP contribution in [-0.4, -0.2) is 12.6 Å². The molecule has 1 aromatic rings. The highest BCUT2D eigenvalue weighted by Gasteiger charge is 1.94. The van der Waals surface area contributed by atoms with Crippen LogP contribution in [0.4, 0.5) is 5.69 Å². The van der Waals surface area contributed by atoms with E-state index in [4.69, 9.17) is 4.74 Å².